The molecule has 30 heavy (non-hydrogen) atoms. The van der Waals surface area contributed by atoms with Crippen LogP contribution in [0, 0.1) is 0 Å². The van der Waals surface area contributed by atoms with Crippen LogP contribution in [0.25, 0.3) is 11.0 Å². The molecular formula is C25H23N2O3+. The zero-order chi connectivity index (χ0) is 20.5. The van der Waals surface area contributed by atoms with Crippen LogP contribution in [0.3, 0.4) is 0 Å². The molecule has 0 atom stereocenters. The molecule has 0 fully saturated rings. The smallest absolute Gasteiger partial charge is 0.245 e. The summed E-state index contributed by atoms with van der Waals surface area (Å²) < 4.78 is 15.0. The average molecular weight is 399 g/mol. The van der Waals surface area contributed by atoms with Crippen molar-refractivity contribution in [1.82, 2.24) is 4.57 Å². The van der Waals surface area contributed by atoms with Gasteiger partial charge in [-0.2, -0.15) is 0 Å². The number of para-hydroxylation sites is 2. The van der Waals surface area contributed by atoms with Crippen molar-refractivity contribution in [3.63, 3.8) is 0 Å². The summed E-state index contributed by atoms with van der Waals surface area (Å²) in [7, 11) is 1.62. The molecule has 5 rings (SSSR count). The number of aromatic nitrogens is 2. The van der Waals surface area contributed by atoms with E-state index in [2.05, 4.69) is 34.9 Å². The molecule has 0 radical (unpaired) electrons. The SMILES string of the molecule is COc1ccc(C(=O)Cn2c[n+](Cc3ccc4c(c3)CCO4)c3ccccc32)cc1. The molecule has 3 aromatic carbocycles. The van der Waals surface area contributed by atoms with Gasteiger partial charge in [-0.3, -0.25) is 4.79 Å². The number of fused-ring (bicyclic) bond motifs is 2. The minimum atomic E-state index is 0.0697. The van der Waals surface area contributed by atoms with E-state index in [-0.39, 0.29) is 12.3 Å². The molecule has 150 valence electrons. The van der Waals surface area contributed by atoms with Gasteiger partial charge in [-0.05, 0) is 59.7 Å². The number of imidazole rings is 1. The van der Waals surface area contributed by atoms with Gasteiger partial charge in [-0.15, -0.1) is 0 Å². The number of carbonyl (C=O) groups is 1. The summed E-state index contributed by atoms with van der Waals surface area (Å²) in [5.74, 6) is 1.81. The first kappa shape index (κ1) is 18.4. The molecule has 0 N–H and O–H groups in total. The van der Waals surface area contributed by atoms with E-state index in [1.54, 1.807) is 7.11 Å². The highest BCUT2D eigenvalue weighted by Gasteiger charge is 2.20. The van der Waals surface area contributed by atoms with Gasteiger partial charge < -0.3 is 9.47 Å². The van der Waals surface area contributed by atoms with E-state index < -0.39 is 0 Å². The number of hydrogen-bond donors (Lipinski definition) is 0. The molecule has 0 spiro atoms. The van der Waals surface area contributed by atoms with E-state index in [1.807, 2.05) is 47.3 Å². The summed E-state index contributed by atoms with van der Waals surface area (Å²) in [6.07, 6.45) is 3.00. The Labute approximate surface area is 175 Å². The fourth-order valence-corrected chi connectivity index (χ4v) is 4.05. The number of rotatable bonds is 6. The minimum absolute atomic E-state index is 0.0697. The molecule has 5 heteroatoms. The minimum Gasteiger partial charge on any atom is -0.497 e. The first-order chi connectivity index (χ1) is 14.7. The lowest BCUT2D eigenvalue weighted by Crippen LogP contribution is -2.33. The third kappa shape index (κ3) is 3.43. The first-order valence-electron chi connectivity index (χ1n) is 10.1. The van der Waals surface area contributed by atoms with Crippen molar-refractivity contribution in [2.45, 2.75) is 19.5 Å². The standard InChI is InChI=1S/C25H23N2O3/c1-29-21-9-7-19(8-10-21)24(28)16-27-17-26(22-4-2-3-5-23(22)27)15-18-6-11-25-20(14-18)12-13-30-25/h2-11,14,17H,12-13,15-16H2,1H3/q+1. The highest BCUT2D eigenvalue weighted by molar-refractivity contribution is 5.96. The summed E-state index contributed by atoms with van der Waals surface area (Å²) in [5, 5.41) is 0. The monoisotopic (exact) mass is 399 g/mol. The number of carbonyl (C=O) groups excluding carboxylic acids is 1. The second kappa shape index (κ2) is 7.67. The number of hydrogen-bond acceptors (Lipinski definition) is 3. The lowest BCUT2D eigenvalue weighted by atomic mass is 10.1. The quantitative estimate of drug-likeness (QED) is 0.366. The van der Waals surface area contributed by atoms with E-state index in [4.69, 9.17) is 9.47 Å². The molecule has 0 aliphatic carbocycles. The Kier molecular flexibility index (Phi) is 4.71. The number of benzene rings is 3. The second-order valence-corrected chi connectivity index (χ2v) is 7.55. The number of ketones is 1. The Bertz CT molecular complexity index is 1230. The lowest BCUT2D eigenvalue weighted by Gasteiger charge is -2.03. The van der Waals surface area contributed by atoms with Gasteiger partial charge in [0, 0.05) is 12.0 Å². The van der Waals surface area contributed by atoms with Crippen molar-refractivity contribution in [2.24, 2.45) is 0 Å². The lowest BCUT2D eigenvalue weighted by molar-refractivity contribution is -0.663. The largest absolute Gasteiger partial charge is 0.497 e. The van der Waals surface area contributed by atoms with E-state index in [0.717, 1.165) is 42.1 Å². The van der Waals surface area contributed by atoms with Crippen LogP contribution in [0.5, 0.6) is 11.5 Å². The molecule has 0 saturated carbocycles. The van der Waals surface area contributed by atoms with Crippen LogP contribution < -0.4 is 14.0 Å². The Morgan fingerprint density at radius 2 is 1.93 bits per heavy atom. The van der Waals surface area contributed by atoms with Crippen LogP contribution in [-0.4, -0.2) is 24.1 Å². The maximum Gasteiger partial charge on any atom is 0.245 e. The fourth-order valence-electron chi connectivity index (χ4n) is 4.05. The van der Waals surface area contributed by atoms with Gasteiger partial charge in [0.25, 0.3) is 0 Å². The number of methoxy groups -OCH3 is 1. The highest BCUT2D eigenvalue weighted by atomic mass is 16.5. The molecule has 2 heterocycles. The molecule has 5 nitrogen and oxygen atoms in total. The van der Waals surface area contributed by atoms with Crippen LogP contribution in [-0.2, 0) is 19.5 Å². The second-order valence-electron chi connectivity index (χ2n) is 7.55. The summed E-state index contributed by atoms with van der Waals surface area (Å²) in [6.45, 7) is 1.80. The highest BCUT2D eigenvalue weighted by Crippen LogP contribution is 2.26. The first-order valence-corrected chi connectivity index (χ1v) is 10.1. The molecule has 0 saturated heterocycles. The summed E-state index contributed by atoms with van der Waals surface area (Å²) >= 11 is 0. The van der Waals surface area contributed by atoms with E-state index in [9.17, 15) is 4.79 Å². The Balaban J connectivity index is 1.44. The van der Waals surface area contributed by atoms with Gasteiger partial charge in [0.1, 0.15) is 18.0 Å². The zero-order valence-electron chi connectivity index (χ0n) is 16.9. The number of ether oxygens (including phenoxy) is 2. The van der Waals surface area contributed by atoms with E-state index in [0.29, 0.717) is 5.56 Å². The molecule has 1 aliphatic rings. The van der Waals surface area contributed by atoms with Gasteiger partial charge in [0.2, 0.25) is 12.1 Å². The van der Waals surface area contributed by atoms with Crippen molar-refractivity contribution in [1.29, 1.82) is 0 Å². The topological polar surface area (TPSA) is 44.3 Å². The Morgan fingerprint density at radius 1 is 1.10 bits per heavy atom. The summed E-state index contributed by atoms with van der Waals surface area (Å²) in [6, 6.07) is 21.9. The number of nitrogens with zero attached hydrogens (tertiary/aromatic N) is 2. The van der Waals surface area contributed by atoms with Crippen molar-refractivity contribution in [2.75, 3.05) is 13.7 Å². The normalized spacial score (nSPS) is 12.6. The average Bonchev–Trinajstić information content (AvgIpc) is 3.38. The molecular weight excluding hydrogens is 376 g/mol. The maximum absolute atomic E-state index is 12.9. The Hall–Kier alpha value is -3.60. The van der Waals surface area contributed by atoms with Crippen molar-refractivity contribution < 1.29 is 18.8 Å². The third-order valence-electron chi connectivity index (χ3n) is 5.61. The van der Waals surface area contributed by atoms with Crippen molar-refractivity contribution in [3.8, 4) is 11.5 Å². The predicted octanol–water partition coefficient (Wildman–Crippen LogP) is 3.80. The molecule has 0 unspecified atom stereocenters. The van der Waals surface area contributed by atoms with Crippen LogP contribution in [0.1, 0.15) is 21.5 Å². The third-order valence-corrected chi connectivity index (χ3v) is 5.61. The zero-order valence-corrected chi connectivity index (χ0v) is 16.9. The van der Waals surface area contributed by atoms with E-state index >= 15 is 0 Å². The van der Waals surface area contributed by atoms with E-state index in [1.165, 1.54) is 11.1 Å². The van der Waals surface area contributed by atoms with Crippen molar-refractivity contribution in [3.05, 3.63) is 89.7 Å². The molecule has 1 aliphatic heterocycles. The van der Waals surface area contributed by atoms with Crippen molar-refractivity contribution >= 4 is 16.8 Å². The molecule has 1 aromatic heterocycles. The van der Waals surface area contributed by atoms with Gasteiger partial charge >= 0.3 is 0 Å². The molecule has 0 bridgehead atoms. The predicted molar refractivity (Wildman–Crippen MR) is 114 cm³/mol. The van der Waals surface area contributed by atoms with Crippen LogP contribution in [0.4, 0.5) is 0 Å². The van der Waals surface area contributed by atoms with Gasteiger partial charge in [-0.25, -0.2) is 9.13 Å². The van der Waals surface area contributed by atoms with Gasteiger partial charge in [-0.1, -0.05) is 18.2 Å². The number of Topliss-reactive ketones (excluding diaryl/α,β-unsaturated/α-hetero) is 1. The van der Waals surface area contributed by atoms with Crippen LogP contribution in [0.2, 0.25) is 0 Å². The summed E-state index contributed by atoms with van der Waals surface area (Å²) in [4.78, 5) is 12.9. The molecule has 4 aromatic rings. The van der Waals surface area contributed by atoms with Gasteiger partial charge in [0.15, 0.2) is 17.6 Å². The summed E-state index contributed by atoms with van der Waals surface area (Å²) in [5.41, 5.74) is 5.33. The fraction of sp³-hybridized carbons (Fsp3) is 0.200. The molecule has 0 amide bonds. The van der Waals surface area contributed by atoms with Gasteiger partial charge in [0.05, 0.1) is 13.7 Å². The Morgan fingerprint density at radius 3 is 2.77 bits per heavy atom. The van der Waals surface area contributed by atoms with Crippen LogP contribution in [0.15, 0.2) is 73.1 Å². The maximum atomic E-state index is 12.9. The van der Waals surface area contributed by atoms with Crippen LogP contribution >= 0.6 is 0 Å².